The lowest BCUT2D eigenvalue weighted by molar-refractivity contribution is -0.137. The largest absolute Gasteiger partial charge is 0.417 e. The van der Waals surface area contributed by atoms with Gasteiger partial charge in [0.05, 0.1) is 11.3 Å². The summed E-state index contributed by atoms with van der Waals surface area (Å²) < 4.78 is 42.6. The molecule has 0 aliphatic carbocycles. The average Bonchev–Trinajstić information content (AvgIpc) is 2.63. The molecule has 0 aliphatic rings. The van der Waals surface area contributed by atoms with E-state index in [0.29, 0.717) is 12.2 Å². The van der Waals surface area contributed by atoms with Crippen LogP contribution >= 0.6 is 0 Å². The molecule has 6 nitrogen and oxygen atoms in total. The summed E-state index contributed by atoms with van der Waals surface area (Å²) in [5.41, 5.74) is 4.41. The van der Waals surface area contributed by atoms with Crippen molar-refractivity contribution >= 4 is 23.3 Å². The van der Waals surface area contributed by atoms with E-state index in [9.17, 15) is 18.0 Å². The van der Waals surface area contributed by atoms with Crippen molar-refractivity contribution in [1.82, 2.24) is 9.55 Å². The highest BCUT2D eigenvalue weighted by Gasteiger charge is 2.35. The zero-order valence-corrected chi connectivity index (χ0v) is 17.4. The Morgan fingerprint density at radius 2 is 2.00 bits per heavy atom. The molecular weight excluding hydrogens is 395 g/mol. The standard InChI is InChI=1S/C21H26F3N5O/c1-5-8-29-13-15(6-7-19(29)30)26-11-14(10-25)16-12-27-18(28-20(2,3)4)9-17(16)21(22,23)24/h6-7,9-13H,5,8,25H2,1-4H3,(H,27,28). The normalized spacial score (nSPS) is 13.1. The lowest BCUT2D eigenvalue weighted by atomic mass is 10.0. The zero-order valence-electron chi connectivity index (χ0n) is 17.4. The number of allylic oxidation sites excluding steroid dienone is 1. The Hall–Kier alpha value is -3.10. The van der Waals surface area contributed by atoms with Crippen LogP contribution in [0.2, 0.25) is 0 Å². The first-order chi connectivity index (χ1) is 13.9. The predicted octanol–water partition coefficient (Wildman–Crippen LogP) is 4.58. The first-order valence-electron chi connectivity index (χ1n) is 9.47. The maximum absolute atomic E-state index is 13.7. The number of rotatable bonds is 6. The molecule has 2 aromatic heterocycles. The van der Waals surface area contributed by atoms with Gasteiger partial charge in [0.1, 0.15) is 5.82 Å². The third-order valence-corrected chi connectivity index (χ3v) is 3.99. The van der Waals surface area contributed by atoms with Gasteiger partial charge in [-0.1, -0.05) is 6.92 Å². The summed E-state index contributed by atoms with van der Waals surface area (Å²) >= 11 is 0. The number of anilines is 1. The third-order valence-electron chi connectivity index (χ3n) is 3.99. The molecule has 0 radical (unpaired) electrons. The Morgan fingerprint density at radius 3 is 2.57 bits per heavy atom. The van der Waals surface area contributed by atoms with E-state index in [-0.39, 0.29) is 22.5 Å². The van der Waals surface area contributed by atoms with Gasteiger partial charge in [0.2, 0.25) is 0 Å². The van der Waals surface area contributed by atoms with Gasteiger partial charge in [-0.3, -0.25) is 9.79 Å². The molecule has 2 rings (SSSR count). The van der Waals surface area contributed by atoms with Crippen molar-refractivity contribution in [3.8, 4) is 0 Å². The van der Waals surface area contributed by atoms with E-state index in [2.05, 4.69) is 15.3 Å². The second-order valence-electron chi connectivity index (χ2n) is 7.79. The van der Waals surface area contributed by atoms with Crippen LogP contribution in [0.5, 0.6) is 0 Å². The van der Waals surface area contributed by atoms with Gasteiger partial charge in [0.25, 0.3) is 5.56 Å². The number of aliphatic imine (C=N–C) groups is 1. The topological polar surface area (TPSA) is 85.3 Å². The summed E-state index contributed by atoms with van der Waals surface area (Å²) in [5, 5.41) is 2.93. The molecule has 0 fully saturated rings. The lowest BCUT2D eigenvalue weighted by Gasteiger charge is -2.22. The number of hydrogen-bond acceptors (Lipinski definition) is 5. The van der Waals surface area contributed by atoms with Crippen molar-refractivity contribution < 1.29 is 13.2 Å². The van der Waals surface area contributed by atoms with Gasteiger partial charge in [-0.05, 0) is 39.3 Å². The Kier molecular flexibility index (Phi) is 7.07. The molecule has 0 atom stereocenters. The predicted molar refractivity (Wildman–Crippen MR) is 114 cm³/mol. The van der Waals surface area contributed by atoms with Gasteiger partial charge in [0, 0.05) is 54.1 Å². The zero-order chi connectivity index (χ0) is 22.5. The minimum Gasteiger partial charge on any atom is -0.404 e. The first-order valence-corrected chi connectivity index (χ1v) is 9.47. The van der Waals surface area contributed by atoms with Crippen LogP contribution in [-0.4, -0.2) is 21.3 Å². The van der Waals surface area contributed by atoms with Gasteiger partial charge in [0.15, 0.2) is 0 Å². The molecule has 162 valence electrons. The SMILES string of the molecule is CCCn1cc(N=CC(=CN)c2cnc(NC(C)(C)C)cc2C(F)(F)F)ccc1=O. The third kappa shape index (κ3) is 6.20. The Labute approximate surface area is 173 Å². The summed E-state index contributed by atoms with van der Waals surface area (Å²) in [7, 11) is 0. The van der Waals surface area contributed by atoms with Crippen molar-refractivity contribution in [3.05, 3.63) is 58.3 Å². The van der Waals surface area contributed by atoms with Crippen LogP contribution in [0.3, 0.4) is 0 Å². The fourth-order valence-corrected chi connectivity index (χ4v) is 2.73. The molecule has 2 heterocycles. The molecule has 30 heavy (non-hydrogen) atoms. The van der Waals surface area contributed by atoms with Crippen LogP contribution in [0.15, 0.2) is 46.6 Å². The summed E-state index contributed by atoms with van der Waals surface area (Å²) in [6.45, 7) is 7.93. The monoisotopic (exact) mass is 421 g/mol. The maximum Gasteiger partial charge on any atom is 0.417 e. The van der Waals surface area contributed by atoms with Gasteiger partial charge < -0.3 is 15.6 Å². The van der Waals surface area contributed by atoms with Crippen LogP contribution in [-0.2, 0) is 12.7 Å². The van der Waals surface area contributed by atoms with E-state index in [1.165, 1.54) is 22.9 Å². The van der Waals surface area contributed by atoms with Crippen molar-refractivity contribution in [3.63, 3.8) is 0 Å². The Balaban J connectivity index is 2.44. The highest BCUT2D eigenvalue weighted by atomic mass is 19.4. The van der Waals surface area contributed by atoms with Crippen LogP contribution < -0.4 is 16.6 Å². The quantitative estimate of drug-likeness (QED) is 0.669. The second kappa shape index (κ2) is 9.15. The number of nitrogens with two attached hydrogens (primary N) is 1. The maximum atomic E-state index is 13.7. The molecule has 0 saturated carbocycles. The van der Waals surface area contributed by atoms with Crippen LogP contribution in [0.25, 0.3) is 5.57 Å². The van der Waals surface area contributed by atoms with Gasteiger partial charge >= 0.3 is 6.18 Å². The fourth-order valence-electron chi connectivity index (χ4n) is 2.73. The molecule has 9 heteroatoms. The highest BCUT2D eigenvalue weighted by molar-refractivity contribution is 6.11. The molecule has 0 amide bonds. The molecule has 0 unspecified atom stereocenters. The van der Waals surface area contributed by atoms with Crippen LogP contribution in [0, 0.1) is 0 Å². The molecule has 0 aromatic carbocycles. The molecular formula is C21H26F3N5O. The van der Waals surface area contributed by atoms with Crippen molar-refractivity contribution in [2.24, 2.45) is 10.7 Å². The van der Waals surface area contributed by atoms with E-state index in [1.54, 1.807) is 6.20 Å². The van der Waals surface area contributed by atoms with E-state index >= 15 is 0 Å². The van der Waals surface area contributed by atoms with Gasteiger partial charge in [-0.25, -0.2) is 4.98 Å². The molecule has 0 bridgehead atoms. The fraction of sp³-hybridized carbons (Fsp3) is 0.381. The summed E-state index contributed by atoms with van der Waals surface area (Å²) in [6, 6.07) is 3.82. The number of nitrogens with one attached hydrogen (secondary N) is 1. The molecule has 3 N–H and O–H groups in total. The van der Waals surface area contributed by atoms with E-state index in [4.69, 9.17) is 5.73 Å². The molecule has 0 aliphatic heterocycles. The smallest absolute Gasteiger partial charge is 0.404 e. The number of aryl methyl sites for hydroxylation is 1. The molecule has 2 aromatic rings. The average molecular weight is 421 g/mol. The highest BCUT2D eigenvalue weighted by Crippen LogP contribution is 2.36. The number of hydrogen-bond donors (Lipinski definition) is 2. The van der Waals surface area contributed by atoms with Crippen LogP contribution in [0.1, 0.15) is 45.2 Å². The molecule has 0 spiro atoms. The molecule has 0 saturated heterocycles. The van der Waals surface area contributed by atoms with Crippen molar-refractivity contribution in [2.45, 2.75) is 52.4 Å². The van der Waals surface area contributed by atoms with E-state index < -0.39 is 17.3 Å². The Bertz CT molecular complexity index is 1000. The van der Waals surface area contributed by atoms with Crippen molar-refractivity contribution in [1.29, 1.82) is 0 Å². The number of pyridine rings is 2. The van der Waals surface area contributed by atoms with Gasteiger partial charge in [-0.15, -0.1) is 0 Å². The number of nitrogens with zero attached hydrogens (tertiary/aromatic N) is 3. The summed E-state index contributed by atoms with van der Waals surface area (Å²) in [5.74, 6) is 0.110. The summed E-state index contributed by atoms with van der Waals surface area (Å²) in [6.07, 6.45) is 1.11. The number of aromatic nitrogens is 2. The van der Waals surface area contributed by atoms with Crippen molar-refractivity contribution in [2.75, 3.05) is 5.32 Å². The lowest BCUT2D eigenvalue weighted by Crippen LogP contribution is -2.27. The number of alkyl halides is 3. The van der Waals surface area contributed by atoms with E-state index in [1.807, 2.05) is 27.7 Å². The van der Waals surface area contributed by atoms with Gasteiger partial charge in [-0.2, -0.15) is 13.2 Å². The first kappa shape index (κ1) is 23.2. The Morgan fingerprint density at radius 1 is 1.30 bits per heavy atom. The number of halogens is 3. The van der Waals surface area contributed by atoms with Crippen LogP contribution in [0.4, 0.5) is 24.7 Å². The summed E-state index contributed by atoms with van der Waals surface area (Å²) in [4.78, 5) is 20.1. The second-order valence-corrected chi connectivity index (χ2v) is 7.79. The minimum atomic E-state index is -4.61. The minimum absolute atomic E-state index is 0.0605. The van der Waals surface area contributed by atoms with E-state index in [0.717, 1.165) is 24.9 Å².